The summed E-state index contributed by atoms with van der Waals surface area (Å²) in [6.07, 6.45) is -1.28. The van der Waals surface area contributed by atoms with E-state index < -0.39 is 48.2 Å². The number of carbonyl (C=O) groups excluding carboxylic acids is 1. The van der Waals surface area contributed by atoms with Crippen molar-refractivity contribution in [1.29, 1.82) is 0 Å². The summed E-state index contributed by atoms with van der Waals surface area (Å²) in [4.78, 5) is 24.6. The van der Waals surface area contributed by atoms with Crippen LogP contribution in [0.15, 0.2) is 23.8 Å². The molecule has 0 spiro atoms. The van der Waals surface area contributed by atoms with Gasteiger partial charge in [-0.15, -0.1) is 0 Å². The average Bonchev–Trinajstić information content (AvgIpc) is 2.90. The van der Waals surface area contributed by atoms with Crippen molar-refractivity contribution in [3.05, 3.63) is 34.9 Å². The van der Waals surface area contributed by atoms with Gasteiger partial charge in [-0.1, -0.05) is 52.5 Å². The second-order valence-electron chi connectivity index (χ2n) is 12.8. The van der Waals surface area contributed by atoms with E-state index in [1.54, 1.807) is 12.1 Å². The smallest absolute Gasteiger partial charge is 0.336 e. The number of fused-ring (bicyclic) bond motifs is 3. The molecule has 0 saturated carbocycles. The number of hydrogen-bond acceptors (Lipinski definition) is 9. The number of aliphatic hydroxyl groups is 3. The van der Waals surface area contributed by atoms with Gasteiger partial charge in [0.05, 0.1) is 0 Å². The van der Waals surface area contributed by atoms with Crippen LogP contribution in [0.4, 0.5) is 0 Å². The number of phenolic OH excluding ortho intramolecular Hbond substituents is 1. The molecule has 1 aliphatic carbocycles. The lowest BCUT2D eigenvalue weighted by molar-refractivity contribution is -0.285. The maximum atomic E-state index is 13.2. The Morgan fingerprint density at radius 1 is 1.07 bits per heavy atom. The molecular formula is C31H44O10. The average molecular weight is 577 g/mol. The van der Waals surface area contributed by atoms with Crippen LogP contribution < -0.4 is 4.74 Å². The minimum atomic E-state index is -1.89. The topological polar surface area (TPSA) is 163 Å². The molecule has 1 fully saturated rings. The minimum absolute atomic E-state index is 0.0461. The number of aliphatic carboxylic acids is 1. The lowest BCUT2D eigenvalue weighted by Crippen LogP contribution is -2.60. The maximum absolute atomic E-state index is 13.2. The Morgan fingerprint density at radius 2 is 1.78 bits per heavy atom. The van der Waals surface area contributed by atoms with Crippen LogP contribution in [0.1, 0.15) is 96.6 Å². The monoisotopic (exact) mass is 576 g/mol. The van der Waals surface area contributed by atoms with Crippen LogP contribution in [-0.2, 0) is 24.5 Å². The molecule has 5 N–H and O–H groups in total. The molecule has 228 valence electrons. The van der Waals surface area contributed by atoms with Crippen LogP contribution in [0.3, 0.4) is 0 Å². The first kappa shape index (κ1) is 31.3. The van der Waals surface area contributed by atoms with Crippen molar-refractivity contribution in [2.75, 3.05) is 0 Å². The van der Waals surface area contributed by atoms with Gasteiger partial charge >= 0.3 is 11.9 Å². The predicted molar refractivity (Wildman–Crippen MR) is 149 cm³/mol. The number of phenols is 1. The molecule has 1 aromatic carbocycles. The van der Waals surface area contributed by atoms with Crippen LogP contribution in [0.5, 0.6) is 11.5 Å². The Bertz CT molecular complexity index is 1170. The molecule has 10 nitrogen and oxygen atoms in total. The Hall–Kier alpha value is -2.66. The molecule has 0 unspecified atom stereocenters. The summed E-state index contributed by atoms with van der Waals surface area (Å²) in [5.74, 6) is -2.00. The number of aliphatic hydroxyl groups excluding tert-OH is 3. The van der Waals surface area contributed by atoms with Crippen molar-refractivity contribution in [1.82, 2.24) is 0 Å². The Kier molecular flexibility index (Phi) is 9.09. The van der Waals surface area contributed by atoms with E-state index in [-0.39, 0.29) is 35.0 Å². The number of hydrogen-bond donors (Lipinski definition) is 5. The van der Waals surface area contributed by atoms with E-state index in [0.29, 0.717) is 17.7 Å². The highest BCUT2D eigenvalue weighted by molar-refractivity contribution is 5.89. The molecule has 2 aliphatic heterocycles. The summed E-state index contributed by atoms with van der Waals surface area (Å²) in [6, 6.07) is 3.81. The van der Waals surface area contributed by atoms with Crippen LogP contribution in [0.25, 0.3) is 0 Å². The van der Waals surface area contributed by atoms with Crippen molar-refractivity contribution in [3.8, 4) is 11.5 Å². The van der Waals surface area contributed by atoms with Crippen LogP contribution >= 0.6 is 0 Å². The zero-order valence-electron chi connectivity index (χ0n) is 24.5. The lowest BCUT2D eigenvalue weighted by atomic mass is 9.66. The first-order valence-electron chi connectivity index (χ1n) is 14.6. The van der Waals surface area contributed by atoms with Crippen molar-refractivity contribution in [2.24, 2.45) is 5.92 Å². The number of carboxylic acid groups (broad SMARTS) is 1. The van der Waals surface area contributed by atoms with Crippen LogP contribution in [0, 0.1) is 5.92 Å². The van der Waals surface area contributed by atoms with Gasteiger partial charge in [-0.3, -0.25) is 0 Å². The SMILES string of the molecule is CCCCCCC(C)(C)c1cc(O)c2c(c1)OC(C)(C)[C@@H]1CC=C(C(=O)O[C@@H]3O[C@H](C(=O)O)[C@@H](O)[C@H](O)[C@H]3O)C[C@@H]21. The number of aromatic hydroxyl groups is 1. The fraction of sp³-hybridized carbons (Fsp3) is 0.677. The highest BCUT2D eigenvalue weighted by atomic mass is 16.7. The third kappa shape index (κ3) is 6.26. The quantitative estimate of drug-likeness (QED) is 0.217. The summed E-state index contributed by atoms with van der Waals surface area (Å²) >= 11 is 0. The summed E-state index contributed by atoms with van der Waals surface area (Å²) in [7, 11) is 0. The molecule has 1 aromatic rings. The zero-order chi connectivity index (χ0) is 30.3. The number of ether oxygens (including phenoxy) is 3. The number of esters is 1. The standard InChI is InChI=1S/C31H44O10/c1-6-7-8-9-12-30(2,3)17-14-20(32)22-18-13-16(10-11-19(18)31(4,5)41-21(22)15-17)28(38)40-29-25(35)23(33)24(34)26(39-29)27(36)37/h10,14-15,18-19,23-26,29,32-35H,6-9,11-13H2,1-5H3,(H,36,37)/t18-,19-,23+,24+,25-,26+,29+/m1/s1. The fourth-order valence-electron chi connectivity index (χ4n) is 6.42. The van der Waals surface area contributed by atoms with Gasteiger partial charge in [0.15, 0.2) is 6.10 Å². The van der Waals surface area contributed by atoms with E-state index >= 15 is 0 Å². The molecule has 0 radical (unpaired) electrons. The summed E-state index contributed by atoms with van der Waals surface area (Å²) in [5, 5.41) is 50.8. The highest BCUT2D eigenvalue weighted by Gasteiger charge is 2.50. The minimum Gasteiger partial charge on any atom is -0.508 e. The Labute approximate surface area is 240 Å². The van der Waals surface area contributed by atoms with Gasteiger partial charge in [0.1, 0.15) is 35.4 Å². The molecule has 41 heavy (non-hydrogen) atoms. The number of rotatable bonds is 9. The normalized spacial score (nSPS) is 30.8. The third-order valence-corrected chi connectivity index (χ3v) is 9.04. The Balaban J connectivity index is 1.56. The summed E-state index contributed by atoms with van der Waals surface area (Å²) in [6.45, 7) is 10.5. The number of carboxylic acids is 1. The van der Waals surface area contributed by atoms with E-state index in [1.165, 1.54) is 6.42 Å². The first-order chi connectivity index (χ1) is 19.2. The van der Waals surface area contributed by atoms with Gasteiger partial charge < -0.3 is 39.7 Å². The summed E-state index contributed by atoms with van der Waals surface area (Å²) in [5.41, 5.74) is 1.15. The number of carbonyl (C=O) groups is 2. The van der Waals surface area contributed by atoms with E-state index in [2.05, 4.69) is 20.8 Å². The molecule has 0 aromatic heterocycles. The second-order valence-corrected chi connectivity index (χ2v) is 12.8. The van der Waals surface area contributed by atoms with E-state index in [0.717, 1.165) is 31.2 Å². The van der Waals surface area contributed by atoms with E-state index in [4.69, 9.17) is 14.2 Å². The molecule has 10 heteroatoms. The van der Waals surface area contributed by atoms with Gasteiger partial charge in [0.2, 0.25) is 6.29 Å². The Morgan fingerprint density at radius 3 is 2.44 bits per heavy atom. The third-order valence-electron chi connectivity index (χ3n) is 9.04. The molecule has 1 saturated heterocycles. The van der Waals surface area contributed by atoms with Gasteiger partial charge in [-0.25, -0.2) is 9.59 Å². The number of allylic oxidation sites excluding steroid dienone is 1. The molecule has 4 rings (SSSR count). The van der Waals surface area contributed by atoms with Crippen molar-refractivity contribution < 1.29 is 49.3 Å². The second kappa shape index (κ2) is 11.9. The van der Waals surface area contributed by atoms with Crippen LogP contribution in [-0.4, -0.2) is 73.8 Å². The largest absolute Gasteiger partial charge is 0.508 e. The number of benzene rings is 1. The molecule has 2 heterocycles. The molecule has 0 bridgehead atoms. The fourth-order valence-corrected chi connectivity index (χ4v) is 6.42. The lowest BCUT2D eigenvalue weighted by Gasteiger charge is -2.47. The van der Waals surface area contributed by atoms with Crippen molar-refractivity contribution in [2.45, 2.75) is 127 Å². The maximum Gasteiger partial charge on any atom is 0.336 e. The van der Waals surface area contributed by atoms with Gasteiger partial charge in [0.25, 0.3) is 0 Å². The van der Waals surface area contributed by atoms with Crippen LogP contribution in [0.2, 0.25) is 0 Å². The van der Waals surface area contributed by atoms with Crippen molar-refractivity contribution in [3.63, 3.8) is 0 Å². The number of unbranched alkanes of at least 4 members (excludes halogenated alkanes) is 3. The highest BCUT2D eigenvalue weighted by Crippen LogP contribution is 2.55. The van der Waals surface area contributed by atoms with Gasteiger partial charge in [0, 0.05) is 23.0 Å². The van der Waals surface area contributed by atoms with Gasteiger partial charge in [-0.05, 0) is 56.2 Å². The predicted octanol–water partition coefficient (Wildman–Crippen LogP) is 3.67. The molecular weight excluding hydrogens is 532 g/mol. The first-order valence-corrected chi connectivity index (χ1v) is 14.6. The zero-order valence-corrected chi connectivity index (χ0v) is 24.5. The summed E-state index contributed by atoms with van der Waals surface area (Å²) < 4.78 is 16.9. The van der Waals surface area contributed by atoms with Gasteiger partial charge in [-0.2, -0.15) is 0 Å². The van der Waals surface area contributed by atoms with E-state index in [9.17, 15) is 35.1 Å². The molecule has 0 amide bonds. The molecule has 7 atom stereocenters. The van der Waals surface area contributed by atoms with Crippen molar-refractivity contribution >= 4 is 11.9 Å². The molecule has 3 aliphatic rings. The van der Waals surface area contributed by atoms with E-state index in [1.807, 2.05) is 19.9 Å².